The van der Waals surface area contributed by atoms with Gasteiger partial charge in [-0.3, -0.25) is 4.79 Å². The first kappa shape index (κ1) is 14.8. The lowest BCUT2D eigenvalue weighted by molar-refractivity contribution is -0.122. The van der Waals surface area contributed by atoms with Crippen LogP contribution in [0.25, 0.3) is 0 Å². The molecule has 0 aliphatic rings. The quantitative estimate of drug-likeness (QED) is 0.850. The summed E-state index contributed by atoms with van der Waals surface area (Å²) in [4.78, 5) is 11.6. The van der Waals surface area contributed by atoms with E-state index in [1.165, 1.54) is 18.5 Å². The Morgan fingerprint density at radius 1 is 1.43 bits per heavy atom. The number of hydrogen-bond acceptors (Lipinski definition) is 5. The van der Waals surface area contributed by atoms with E-state index in [1.807, 2.05) is 0 Å². The number of rotatable bonds is 6. The molecule has 0 spiro atoms. The normalized spacial score (nSPS) is 10.7. The van der Waals surface area contributed by atoms with Crippen molar-refractivity contribution >= 4 is 5.91 Å². The van der Waals surface area contributed by atoms with Crippen molar-refractivity contribution in [2.24, 2.45) is 0 Å². The van der Waals surface area contributed by atoms with E-state index >= 15 is 0 Å². The summed E-state index contributed by atoms with van der Waals surface area (Å²) in [5.74, 6) is -1.59. The standard InChI is InChI=1S/C11H10F3N5O2/c12-8-2-1-3-9(21-11(13)14)7(8)4-15-10(20)5-19-6-16-17-18-19/h1-3,6,11H,4-5H2,(H,15,20). The predicted molar refractivity (Wildman–Crippen MR) is 62.7 cm³/mol. The largest absolute Gasteiger partial charge is 0.434 e. The van der Waals surface area contributed by atoms with E-state index in [9.17, 15) is 18.0 Å². The molecule has 1 N–H and O–H groups in total. The summed E-state index contributed by atoms with van der Waals surface area (Å²) in [6.45, 7) is -3.55. The van der Waals surface area contributed by atoms with Crippen LogP contribution < -0.4 is 10.1 Å². The molecule has 0 aliphatic heterocycles. The van der Waals surface area contributed by atoms with Gasteiger partial charge in [-0.25, -0.2) is 9.07 Å². The monoisotopic (exact) mass is 301 g/mol. The Kier molecular flexibility index (Phi) is 4.69. The van der Waals surface area contributed by atoms with Crippen molar-refractivity contribution in [3.05, 3.63) is 35.9 Å². The molecule has 1 aromatic heterocycles. The summed E-state index contributed by atoms with van der Waals surface area (Å²) >= 11 is 0. The van der Waals surface area contributed by atoms with Gasteiger partial charge in [-0.05, 0) is 22.6 Å². The first-order valence-corrected chi connectivity index (χ1v) is 5.76. The van der Waals surface area contributed by atoms with Crippen LogP contribution in [0, 0.1) is 5.82 Å². The molecular formula is C11H10F3N5O2. The molecule has 0 radical (unpaired) electrons. The molecule has 2 aromatic rings. The van der Waals surface area contributed by atoms with Crippen LogP contribution in [0.4, 0.5) is 13.2 Å². The molecule has 0 saturated heterocycles. The highest BCUT2D eigenvalue weighted by Crippen LogP contribution is 2.23. The van der Waals surface area contributed by atoms with Gasteiger partial charge in [0.1, 0.15) is 24.4 Å². The lowest BCUT2D eigenvalue weighted by atomic mass is 10.2. The second-order valence-electron chi connectivity index (χ2n) is 3.88. The van der Waals surface area contributed by atoms with E-state index in [0.717, 1.165) is 10.7 Å². The van der Waals surface area contributed by atoms with Crippen molar-refractivity contribution in [1.82, 2.24) is 25.5 Å². The number of halogens is 3. The molecule has 21 heavy (non-hydrogen) atoms. The molecule has 0 bridgehead atoms. The van der Waals surface area contributed by atoms with Gasteiger partial charge in [-0.15, -0.1) is 5.10 Å². The number of aromatic nitrogens is 4. The van der Waals surface area contributed by atoms with Crippen LogP contribution in [0.2, 0.25) is 0 Å². The number of nitrogens with one attached hydrogen (secondary N) is 1. The van der Waals surface area contributed by atoms with E-state index in [4.69, 9.17) is 0 Å². The average Bonchev–Trinajstić information content (AvgIpc) is 2.90. The highest BCUT2D eigenvalue weighted by atomic mass is 19.3. The first-order chi connectivity index (χ1) is 10.1. The average molecular weight is 301 g/mol. The Morgan fingerprint density at radius 2 is 2.24 bits per heavy atom. The second-order valence-corrected chi connectivity index (χ2v) is 3.88. The fourth-order valence-electron chi connectivity index (χ4n) is 1.56. The Bertz CT molecular complexity index is 606. The number of tetrazole rings is 1. The van der Waals surface area contributed by atoms with Gasteiger partial charge in [0.2, 0.25) is 5.91 Å². The van der Waals surface area contributed by atoms with Crippen LogP contribution in [0.1, 0.15) is 5.56 Å². The molecule has 1 heterocycles. The van der Waals surface area contributed by atoms with Crippen molar-refractivity contribution < 1.29 is 22.7 Å². The summed E-state index contributed by atoms with van der Waals surface area (Å²) in [5, 5.41) is 12.5. The molecule has 2 rings (SSSR count). The SMILES string of the molecule is O=C(Cn1cnnn1)NCc1c(F)cccc1OC(F)F. The Morgan fingerprint density at radius 3 is 2.90 bits per heavy atom. The molecule has 112 valence electrons. The van der Waals surface area contributed by atoms with Crippen LogP contribution in [0.3, 0.4) is 0 Å². The van der Waals surface area contributed by atoms with Gasteiger partial charge in [-0.2, -0.15) is 8.78 Å². The summed E-state index contributed by atoms with van der Waals surface area (Å²) in [5.41, 5.74) is -0.164. The number of carbonyl (C=O) groups is 1. The van der Waals surface area contributed by atoms with E-state index in [2.05, 4.69) is 25.6 Å². The lowest BCUT2D eigenvalue weighted by Crippen LogP contribution is -2.28. The number of amides is 1. The smallest absolute Gasteiger partial charge is 0.387 e. The minimum Gasteiger partial charge on any atom is -0.434 e. The Hall–Kier alpha value is -2.65. The third-order valence-electron chi connectivity index (χ3n) is 2.45. The van der Waals surface area contributed by atoms with Crippen LogP contribution in [0.15, 0.2) is 24.5 Å². The third kappa shape index (κ3) is 4.16. The van der Waals surface area contributed by atoms with Gasteiger partial charge < -0.3 is 10.1 Å². The van der Waals surface area contributed by atoms with Gasteiger partial charge in [0.05, 0.1) is 0 Å². The predicted octanol–water partition coefficient (Wildman–Crippen LogP) is 0.730. The molecular weight excluding hydrogens is 291 g/mol. The van der Waals surface area contributed by atoms with Crippen molar-refractivity contribution in [1.29, 1.82) is 0 Å². The molecule has 0 saturated carbocycles. The molecule has 1 amide bonds. The molecule has 10 heteroatoms. The van der Waals surface area contributed by atoms with Crippen LogP contribution in [-0.4, -0.2) is 32.7 Å². The maximum Gasteiger partial charge on any atom is 0.387 e. The lowest BCUT2D eigenvalue weighted by Gasteiger charge is -2.12. The topological polar surface area (TPSA) is 81.9 Å². The number of carbonyl (C=O) groups excluding carboxylic acids is 1. The van der Waals surface area contributed by atoms with Gasteiger partial charge in [-0.1, -0.05) is 6.07 Å². The number of benzene rings is 1. The summed E-state index contributed by atoms with van der Waals surface area (Å²) in [6, 6.07) is 3.51. The number of ether oxygens (including phenoxy) is 1. The minimum atomic E-state index is -3.08. The molecule has 0 unspecified atom stereocenters. The van der Waals surface area contributed by atoms with E-state index in [1.54, 1.807) is 0 Å². The van der Waals surface area contributed by atoms with Gasteiger partial charge in [0, 0.05) is 12.1 Å². The van der Waals surface area contributed by atoms with Gasteiger partial charge in [0.15, 0.2) is 0 Å². The Balaban J connectivity index is 2.00. The zero-order valence-corrected chi connectivity index (χ0v) is 10.5. The fourth-order valence-corrected chi connectivity index (χ4v) is 1.56. The first-order valence-electron chi connectivity index (χ1n) is 5.76. The number of hydrogen-bond donors (Lipinski definition) is 1. The van der Waals surface area contributed by atoms with Crippen LogP contribution in [0.5, 0.6) is 5.75 Å². The zero-order chi connectivity index (χ0) is 15.2. The van der Waals surface area contributed by atoms with E-state index < -0.39 is 18.3 Å². The molecule has 0 aliphatic carbocycles. The van der Waals surface area contributed by atoms with Gasteiger partial charge in [0.25, 0.3) is 0 Å². The van der Waals surface area contributed by atoms with E-state index in [0.29, 0.717) is 0 Å². The zero-order valence-electron chi connectivity index (χ0n) is 10.5. The molecule has 0 atom stereocenters. The second kappa shape index (κ2) is 6.68. The summed E-state index contributed by atoms with van der Waals surface area (Å²) in [7, 11) is 0. The Labute approximate surface area is 116 Å². The van der Waals surface area contributed by atoms with Crippen molar-refractivity contribution in [3.63, 3.8) is 0 Å². The highest BCUT2D eigenvalue weighted by molar-refractivity contribution is 5.75. The van der Waals surface area contributed by atoms with Gasteiger partial charge >= 0.3 is 6.61 Å². The maximum absolute atomic E-state index is 13.6. The summed E-state index contributed by atoms with van der Waals surface area (Å²) < 4.78 is 43.4. The fraction of sp³-hybridized carbons (Fsp3) is 0.273. The van der Waals surface area contributed by atoms with Crippen molar-refractivity contribution in [2.75, 3.05) is 0 Å². The number of alkyl halides is 2. The molecule has 7 nitrogen and oxygen atoms in total. The summed E-state index contributed by atoms with van der Waals surface area (Å²) in [6.07, 6.45) is 1.23. The maximum atomic E-state index is 13.6. The van der Waals surface area contributed by atoms with Crippen LogP contribution >= 0.6 is 0 Å². The molecule has 0 fully saturated rings. The van der Waals surface area contributed by atoms with Crippen LogP contribution in [-0.2, 0) is 17.9 Å². The third-order valence-corrected chi connectivity index (χ3v) is 2.45. The molecule has 1 aromatic carbocycles. The van der Waals surface area contributed by atoms with Crippen molar-refractivity contribution in [2.45, 2.75) is 19.7 Å². The number of nitrogens with zero attached hydrogens (tertiary/aromatic N) is 4. The minimum absolute atomic E-state index is 0.164. The van der Waals surface area contributed by atoms with Crippen molar-refractivity contribution in [3.8, 4) is 5.75 Å². The van der Waals surface area contributed by atoms with E-state index in [-0.39, 0.29) is 24.4 Å². The highest BCUT2D eigenvalue weighted by Gasteiger charge is 2.14.